The van der Waals surface area contributed by atoms with Crippen molar-refractivity contribution in [2.75, 3.05) is 7.11 Å². The maximum Gasteiger partial charge on any atom is 0.339 e. The lowest BCUT2D eigenvalue weighted by atomic mass is 10.2. The van der Waals surface area contributed by atoms with Crippen LogP contribution < -0.4 is 4.74 Å². The van der Waals surface area contributed by atoms with Gasteiger partial charge in [0, 0.05) is 6.92 Å². The van der Waals surface area contributed by atoms with E-state index < -0.39 is 12.1 Å². The van der Waals surface area contributed by atoms with Crippen LogP contribution in [0.15, 0.2) is 22.6 Å². The lowest BCUT2D eigenvalue weighted by Crippen LogP contribution is -2.09. The van der Waals surface area contributed by atoms with E-state index in [1.165, 1.54) is 13.2 Å². The van der Waals surface area contributed by atoms with Gasteiger partial charge in [-0.25, -0.2) is 4.79 Å². The predicted octanol–water partition coefficient (Wildman–Crippen LogP) is 2.96. The Kier molecular flexibility index (Phi) is 4.24. The fourth-order valence-electron chi connectivity index (χ4n) is 1.54. The van der Waals surface area contributed by atoms with Gasteiger partial charge in [0.2, 0.25) is 5.89 Å². The summed E-state index contributed by atoms with van der Waals surface area (Å²) in [4.78, 5) is 12.0. The Bertz CT molecular complexity index is 627. The smallest absolute Gasteiger partial charge is 0.339 e. The maximum atomic E-state index is 12.0. The van der Waals surface area contributed by atoms with E-state index in [1.54, 1.807) is 26.0 Å². The Morgan fingerprint density at radius 3 is 2.75 bits per heavy atom. The molecule has 1 atom stereocenters. The van der Waals surface area contributed by atoms with Crippen molar-refractivity contribution < 1.29 is 18.7 Å². The molecule has 0 aliphatic rings. The molecule has 0 saturated heterocycles. The van der Waals surface area contributed by atoms with E-state index in [9.17, 15) is 4.79 Å². The molecule has 2 aromatic rings. The topological polar surface area (TPSA) is 74.5 Å². The molecule has 0 N–H and O–H groups in total. The van der Waals surface area contributed by atoms with Crippen molar-refractivity contribution >= 4 is 17.6 Å². The van der Waals surface area contributed by atoms with Crippen LogP contribution >= 0.6 is 11.6 Å². The minimum absolute atomic E-state index is 0.247. The number of rotatable bonds is 4. The van der Waals surface area contributed by atoms with Crippen molar-refractivity contribution in [3.63, 3.8) is 0 Å². The Morgan fingerprint density at radius 1 is 1.40 bits per heavy atom. The number of carbonyl (C=O) groups excluding carboxylic acids is 1. The second-order valence-corrected chi connectivity index (χ2v) is 4.46. The van der Waals surface area contributed by atoms with Gasteiger partial charge in [-0.05, 0) is 25.1 Å². The van der Waals surface area contributed by atoms with Crippen molar-refractivity contribution in [3.05, 3.63) is 40.6 Å². The summed E-state index contributed by atoms with van der Waals surface area (Å²) in [5.41, 5.74) is 0.328. The Hall–Kier alpha value is -2.08. The first-order valence-corrected chi connectivity index (χ1v) is 6.23. The summed E-state index contributed by atoms with van der Waals surface area (Å²) in [5.74, 6) is 0.540. The molecule has 0 unspecified atom stereocenters. The van der Waals surface area contributed by atoms with E-state index in [2.05, 4.69) is 10.2 Å². The van der Waals surface area contributed by atoms with Crippen LogP contribution in [0.5, 0.6) is 5.75 Å². The number of hydrogen-bond acceptors (Lipinski definition) is 6. The molecule has 6 nitrogen and oxygen atoms in total. The molecule has 0 spiro atoms. The zero-order valence-corrected chi connectivity index (χ0v) is 12.0. The van der Waals surface area contributed by atoms with Crippen molar-refractivity contribution in [1.82, 2.24) is 10.2 Å². The third kappa shape index (κ3) is 3.08. The van der Waals surface area contributed by atoms with Gasteiger partial charge in [-0.15, -0.1) is 10.2 Å². The molecule has 2 rings (SSSR count). The summed E-state index contributed by atoms with van der Waals surface area (Å²) in [6, 6.07) is 4.63. The van der Waals surface area contributed by atoms with Crippen LogP contribution in [0, 0.1) is 6.92 Å². The van der Waals surface area contributed by atoms with Gasteiger partial charge in [0.25, 0.3) is 5.89 Å². The molecule has 0 bridgehead atoms. The van der Waals surface area contributed by atoms with E-state index >= 15 is 0 Å². The van der Waals surface area contributed by atoms with Gasteiger partial charge in [0.15, 0.2) is 6.10 Å². The fourth-order valence-corrected chi connectivity index (χ4v) is 1.74. The number of aryl methyl sites for hydroxylation is 1. The van der Waals surface area contributed by atoms with Crippen molar-refractivity contribution in [2.45, 2.75) is 20.0 Å². The van der Waals surface area contributed by atoms with Gasteiger partial charge in [-0.1, -0.05) is 11.6 Å². The highest BCUT2D eigenvalue weighted by Crippen LogP contribution is 2.26. The van der Waals surface area contributed by atoms with Crippen LogP contribution in [0.25, 0.3) is 0 Å². The zero-order valence-electron chi connectivity index (χ0n) is 11.2. The van der Waals surface area contributed by atoms with Gasteiger partial charge >= 0.3 is 5.97 Å². The zero-order chi connectivity index (χ0) is 14.7. The molecule has 0 fully saturated rings. The summed E-state index contributed by atoms with van der Waals surface area (Å²) in [6.07, 6.45) is -0.634. The van der Waals surface area contributed by atoms with Crippen LogP contribution in [0.2, 0.25) is 5.02 Å². The van der Waals surface area contributed by atoms with Gasteiger partial charge in [0.1, 0.15) is 5.75 Å². The van der Waals surface area contributed by atoms with E-state index in [-0.39, 0.29) is 5.89 Å². The average Bonchev–Trinajstić information content (AvgIpc) is 2.86. The first-order chi connectivity index (χ1) is 9.51. The molecule has 20 heavy (non-hydrogen) atoms. The van der Waals surface area contributed by atoms with Crippen molar-refractivity contribution in [1.29, 1.82) is 0 Å². The summed E-state index contributed by atoms with van der Waals surface area (Å²) >= 11 is 5.90. The molecular weight excluding hydrogens is 284 g/mol. The van der Waals surface area contributed by atoms with E-state index in [0.717, 1.165) is 0 Å². The lowest BCUT2D eigenvalue weighted by molar-refractivity contribution is 0.0276. The highest BCUT2D eigenvalue weighted by molar-refractivity contribution is 6.32. The second-order valence-electron chi connectivity index (χ2n) is 4.06. The number of aromatic nitrogens is 2. The molecule has 0 saturated carbocycles. The number of halogens is 1. The minimum atomic E-state index is -0.634. The van der Waals surface area contributed by atoms with Gasteiger partial charge in [0.05, 0.1) is 17.7 Å². The molecule has 1 aromatic carbocycles. The molecule has 1 heterocycles. The first-order valence-electron chi connectivity index (χ1n) is 5.85. The third-order valence-electron chi connectivity index (χ3n) is 2.56. The Balaban J connectivity index is 2.12. The molecular formula is C13H13ClN2O4. The number of hydrogen-bond donors (Lipinski definition) is 0. The summed E-state index contributed by atoms with van der Waals surface area (Å²) in [7, 11) is 1.47. The van der Waals surface area contributed by atoms with E-state index in [4.69, 9.17) is 25.5 Å². The lowest BCUT2D eigenvalue weighted by Gasteiger charge is -2.10. The summed E-state index contributed by atoms with van der Waals surface area (Å²) in [6.45, 7) is 3.31. The van der Waals surface area contributed by atoms with Gasteiger partial charge in [-0.2, -0.15) is 0 Å². The van der Waals surface area contributed by atoms with Crippen LogP contribution in [0.4, 0.5) is 0 Å². The molecule has 0 amide bonds. The number of benzene rings is 1. The Labute approximate surface area is 120 Å². The first kappa shape index (κ1) is 14.3. The molecule has 1 aromatic heterocycles. The van der Waals surface area contributed by atoms with E-state index in [0.29, 0.717) is 22.2 Å². The molecule has 0 aliphatic heterocycles. The van der Waals surface area contributed by atoms with Gasteiger partial charge in [-0.3, -0.25) is 0 Å². The van der Waals surface area contributed by atoms with Crippen LogP contribution in [0.3, 0.4) is 0 Å². The highest BCUT2D eigenvalue weighted by atomic mass is 35.5. The maximum absolute atomic E-state index is 12.0. The number of esters is 1. The average molecular weight is 297 g/mol. The standard InChI is InChI=1S/C13H13ClN2O4/c1-7(12-16-15-8(2)20-12)19-13(17)9-4-5-10(14)11(6-9)18-3/h4-7H,1-3H3/t7-/m0/s1. The molecule has 0 radical (unpaired) electrons. The predicted molar refractivity (Wildman–Crippen MR) is 70.9 cm³/mol. The largest absolute Gasteiger partial charge is 0.495 e. The van der Waals surface area contributed by atoms with Crippen LogP contribution in [-0.4, -0.2) is 23.3 Å². The Morgan fingerprint density at radius 2 is 2.15 bits per heavy atom. The second kappa shape index (κ2) is 5.92. The molecule has 7 heteroatoms. The minimum Gasteiger partial charge on any atom is -0.495 e. The SMILES string of the molecule is COc1cc(C(=O)O[C@@H](C)c2nnc(C)o2)ccc1Cl. The molecule has 0 aliphatic carbocycles. The monoisotopic (exact) mass is 296 g/mol. The third-order valence-corrected chi connectivity index (χ3v) is 2.87. The molecule has 106 valence electrons. The summed E-state index contributed by atoms with van der Waals surface area (Å²) < 4.78 is 15.5. The number of methoxy groups -OCH3 is 1. The fraction of sp³-hybridized carbons (Fsp3) is 0.308. The normalized spacial score (nSPS) is 12.0. The number of ether oxygens (including phenoxy) is 2. The number of carbonyl (C=O) groups is 1. The highest BCUT2D eigenvalue weighted by Gasteiger charge is 2.19. The van der Waals surface area contributed by atoms with E-state index in [1.807, 2.05) is 0 Å². The van der Waals surface area contributed by atoms with Crippen molar-refractivity contribution in [3.8, 4) is 5.75 Å². The van der Waals surface area contributed by atoms with Gasteiger partial charge < -0.3 is 13.9 Å². The quantitative estimate of drug-likeness (QED) is 0.808. The van der Waals surface area contributed by atoms with Crippen LogP contribution in [-0.2, 0) is 4.74 Å². The summed E-state index contributed by atoms with van der Waals surface area (Å²) in [5, 5.41) is 7.90. The van der Waals surface area contributed by atoms with Crippen molar-refractivity contribution in [2.24, 2.45) is 0 Å². The van der Waals surface area contributed by atoms with Crippen LogP contribution in [0.1, 0.15) is 35.2 Å². The number of nitrogens with zero attached hydrogens (tertiary/aromatic N) is 2.